The van der Waals surface area contributed by atoms with Gasteiger partial charge in [-0.3, -0.25) is 4.79 Å². The molecule has 0 aromatic rings. The van der Waals surface area contributed by atoms with E-state index in [0.29, 0.717) is 0 Å². The van der Waals surface area contributed by atoms with Crippen LogP contribution in [0.1, 0.15) is 20.3 Å². The second-order valence-electron chi connectivity index (χ2n) is 4.33. The summed E-state index contributed by atoms with van der Waals surface area (Å²) in [4.78, 5) is 23.0. The van der Waals surface area contributed by atoms with E-state index in [4.69, 9.17) is 0 Å². The molecule has 0 aromatic heterocycles. The lowest BCUT2D eigenvalue weighted by molar-refractivity contribution is -0.312. The molecule has 7 heteroatoms. The van der Waals surface area contributed by atoms with Crippen LogP contribution < -0.4 is 5.11 Å². The van der Waals surface area contributed by atoms with Gasteiger partial charge in [0, 0.05) is 0 Å². The van der Waals surface area contributed by atoms with E-state index in [9.17, 15) is 23.1 Å². The van der Waals surface area contributed by atoms with E-state index in [1.807, 2.05) is 0 Å². The molecule has 2 atom stereocenters. The Morgan fingerprint density at radius 3 is 2.40 bits per heavy atom. The number of carboxylic acid groups (broad SMARTS) is 1. The van der Waals surface area contributed by atoms with Gasteiger partial charge in [-0.1, -0.05) is 0 Å². The minimum absolute atomic E-state index is 0.116. The highest BCUT2D eigenvalue weighted by atomic mass is 32.2. The Morgan fingerprint density at radius 1 is 1.53 bits per heavy atom. The molecule has 6 nitrogen and oxygen atoms in total. The molecule has 0 bridgehead atoms. The summed E-state index contributed by atoms with van der Waals surface area (Å²) in [5.74, 6) is -1.96. The maximum absolute atomic E-state index is 11.9. The SMILES string of the molecule is CC1(C)[C@@H](C(=O)[O-])N2C(=O)C[C@@H]2S1(=O)=O. The molecule has 0 radical (unpaired) electrons. The quantitative estimate of drug-likeness (QED) is 0.481. The molecule has 0 aromatic carbocycles. The number of aliphatic carboxylic acids is 1. The number of rotatable bonds is 1. The third-order valence-corrected chi connectivity index (χ3v) is 6.00. The van der Waals surface area contributed by atoms with Crippen molar-refractivity contribution in [2.75, 3.05) is 0 Å². The van der Waals surface area contributed by atoms with Crippen molar-refractivity contribution in [2.24, 2.45) is 0 Å². The van der Waals surface area contributed by atoms with Crippen molar-refractivity contribution in [3.05, 3.63) is 0 Å². The Morgan fingerprint density at radius 2 is 2.07 bits per heavy atom. The first-order valence-electron chi connectivity index (χ1n) is 4.46. The molecule has 15 heavy (non-hydrogen) atoms. The van der Waals surface area contributed by atoms with Crippen LogP contribution in [0.4, 0.5) is 0 Å². The van der Waals surface area contributed by atoms with Crippen LogP contribution in [0.15, 0.2) is 0 Å². The molecule has 0 unspecified atom stereocenters. The zero-order valence-corrected chi connectivity index (χ0v) is 9.08. The van der Waals surface area contributed by atoms with Gasteiger partial charge in [-0.15, -0.1) is 0 Å². The molecule has 0 N–H and O–H groups in total. The van der Waals surface area contributed by atoms with Gasteiger partial charge in [0.1, 0.15) is 5.37 Å². The molecular weight excluding hydrogens is 222 g/mol. The van der Waals surface area contributed by atoms with Crippen molar-refractivity contribution in [3.63, 3.8) is 0 Å². The summed E-state index contributed by atoms with van der Waals surface area (Å²) in [6.45, 7) is 2.63. The maximum Gasteiger partial charge on any atom is 0.227 e. The smallest absolute Gasteiger partial charge is 0.227 e. The van der Waals surface area contributed by atoms with Gasteiger partial charge in [0.25, 0.3) is 0 Å². The molecule has 2 heterocycles. The molecule has 2 aliphatic rings. The van der Waals surface area contributed by atoms with Crippen LogP contribution in [0.3, 0.4) is 0 Å². The predicted molar refractivity (Wildman–Crippen MR) is 47.0 cm³/mol. The van der Waals surface area contributed by atoms with Gasteiger partial charge in [-0.05, 0) is 13.8 Å². The standard InChI is InChI=1S/C8H11NO5S/c1-8(2)6(7(11)12)9-4(10)3-5(9)15(8,13)14/h5-6H,3H2,1-2H3,(H,11,12)/p-1/t5-,6+/m0/s1. The highest BCUT2D eigenvalue weighted by molar-refractivity contribution is 7.93. The second kappa shape index (κ2) is 2.52. The molecule has 0 saturated carbocycles. The molecule has 2 saturated heterocycles. The molecule has 2 fully saturated rings. The van der Waals surface area contributed by atoms with Crippen LogP contribution in [-0.4, -0.2) is 41.4 Å². The summed E-state index contributed by atoms with van der Waals surface area (Å²) in [5, 5.41) is 9.90. The fourth-order valence-electron chi connectivity index (χ4n) is 2.21. The molecular formula is C8H10NO5S-. The van der Waals surface area contributed by atoms with E-state index in [1.165, 1.54) is 13.8 Å². The highest BCUT2D eigenvalue weighted by Gasteiger charge is 2.65. The predicted octanol–water partition coefficient (Wildman–Crippen LogP) is -2.13. The van der Waals surface area contributed by atoms with Crippen molar-refractivity contribution in [3.8, 4) is 0 Å². The minimum atomic E-state index is -3.61. The first kappa shape index (κ1) is 10.4. The fraction of sp³-hybridized carbons (Fsp3) is 0.750. The number of amides is 1. The number of fused-ring (bicyclic) bond motifs is 1. The van der Waals surface area contributed by atoms with Crippen LogP contribution in [0.25, 0.3) is 0 Å². The van der Waals surface area contributed by atoms with Gasteiger partial charge in [0.2, 0.25) is 5.91 Å². The average molecular weight is 232 g/mol. The molecule has 2 aliphatic heterocycles. The maximum atomic E-state index is 11.9. The number of sulfone groups is 1. The van der Waals surface area contributed by atoms with Gasteiger partial charge >= 0.3 is 0 Å². The Balaban J connectivity index is 2.57. The lowest BCUT2D eigenvalue weighted by atomic mass is 9.98. The number of carboxylic acids is 1. The Bertz CT molecular complexity index is 452. The lowest BCUT2D eigenvalue weighted by Crippen LogP contribution is -2.60. The van der Waals surface area contributed by atoms with Gasteiger partial charge in [0.15, 0.2) is 9.84 Å². The van der Waals surface area contributed by atoms with Crippen molar-refractivity contribution in [2.45, 2.75) is 36.4 Å². The first-order valence-corrected chi connectivity index (χ1v) is 6.01. The molecule has 0 aliphatic carbocycles. The number of hydrogen-bond acceptors (Lipinski definition) is 5. The summed E-state index contributed by atoms with van der Waals surface area (Å²) in [6.07, 6.45) is -0.116. The van der Waals surface area contributed by atoms with Crippen LogP contribution in [0.2, 0.25) is 0 Å². The Hall–Kier alpha value is -1.11. The topological polar surface area (TPSA) is 94.6 Å². The van der Waals surface area contributed by atoms with Gasteiger partial charge < -0.3 is 14.8 Å². The van der Waals surface area contributed by atoms with Gasteiger partial charge in [-0.2, -0.15) is 0 Å². The zero-order valence-electron chi connectivity index (χ0n) is 8.26. The third-order valence-electron chi connectivity index (χ3n) is 3.20. The van der Waals surface area contributed by atoms with Gasteiger partial charge in [-0.25, -0.2) is 8.42 Å². The fourth-order valence-corrected chi connectivity index (χ4v) is 4.33. The summed E-state index contributed by atoms with van der Waals surface area (Å²) < 4.78 is 22.2. The van der Waals surface area contributed by atoms with E-state index in [-0.39, 0.29) is 6.42 Å². The number of carbonyl (C=O) groups excluding carboxylic acids is 2. The lowest BCUT2D eigenvalue weighted by Gasteiger charge is -2.37. The van der Waals surface area contributed by atoms with Crippen LogP contribution in [0.5, 0.6) is 0 Å². The van der Waals surface area contributed by atoms with Crippen molar-refractivity contribution < 1.29 is 23.1 Å². The number of carbonyl (C=O) groups is 2. The van der Waals surface area contributed by atoms with E-state index < -0.39 is 37.9 Å². The summed E-state index contributed by atoms with van der Waals surface area (Å²) in [5.41, 5.74) is 0. The summed E-state index contributed by atoms with van der Waals surface area (Å²) in [6, 6.07) is -1.37. The monoisotopic (exact) mass is 232 g/mol. The molecule has 0 spiro atoms. The molecule has 1 amide bonds. The summed E-state index contributed by atoms with van der Waals surface area (Å²) in [7, 11) is -3.61. The van der Waals surface area contributed by atoms with Crippen LogP contribution in [-0.2, 0) is 19.4 Å². The van der Waals surface area contributed by atoms with Crippen molar-refractivity contribution in [1.82, 2.24) is 4.90 Å². The number of nitrogens with zero attached hydrogens (tertiary/aromatic N) is 1. The molecule has 84 valence electrons. The zero-order chi connectivity index (χ0) is 11.6. The van der Waals surface area contributed by atoms with Crippen LogP contribution >= 0.6 is 0 Å². The highest BCUT2D eigenvalue weighted by Crippen LogP contribution is 2.45. The van der Waals surface area contributed by atoms with Gasteiger partial charge in [0.05, 0.1) is 23.2 Å². The van der Waals surface area contributed by atoms with Crippen LogP contribution in [0, 0.1) is 0 Å². The third kappa shape index (κ3) is 0.961. The van der Waals surface area contributed by atoms with E-state index >= 15 is 0 Å². The van der Waals surface area contributed by atoms with E-state index in [2.05, 4.69) is 0 Å². The van der Waals surface area contributed by atoms with E-state index in [0.717, 1.165) is 4.90 Å². The summed E-state index contributed by atoms with van der Waals surface area (Å²) >= 11 is 0. The van der Waals surface area contributed by atoms with Crippen molar-refractivity contribution in [1.29, 1.82) is 0 Å². The molecule has 2 rings (SSSR count). The Kier molecular flexibility index (Phi) is 1.75. The largest absolute Gasteiger partial charge is 0.548 e. The normalized spacial score (nSPS) is 35.9. The Labute approximate surface area is 86.8 Å². The number of hydrogen-bond donors (Lipinski definition) is 0. The number of β-lactam (4-membered cyclic amide) rings is 1. The first-order chi connectivity index (χ1) is 6.71. The van der Waals surface area contributed by atoms with Crippen molar-refractivity contribution >= 4 is 21.7 Å². The van der Waals surface area contributed by atoms with E-state index in [1.54, 1.807) is 0 Å². The minimum Gasteiger partial charge on any atom is -0.548 e. The average Bonchev–Trinajstić information content (AvgIpc) is 2.19. The second-order valence-corrected chi connectivity index (χ2v) is 7.02.